The molecule has 0 aromatic heterocycles. The molecule has 0 radical (unpaired) electrons. The highest BCUT2D eigenvalue weighted by atomic mass is 19.1. The van der Waals surface area contributed by atoms with Gasteiger partial charge >= 0.3 is 6.03 Å². The number of methoxy groups -OCH3 is 1. The molecule has 1 aliphatic rings. The summed E-state index contributed by atoms with van der Waals surface area (Å²) < 4.78 is 18.8. The van der Waals surface area contributed by atoms with Crippen LogP contribution in [0.1, 0.15) is 29.0 Å². The Bertz CT molecular complexity index is 1200. The van der Waals surface area contributed by atoms with Crippen LogP contribution in [0.4, 0.5) is 14.9 Å². The molecule has 1 saturated heterocycles. The number of piperidine rings is 1. The number of anilines is 1. The van der Waals surface area contributed by atoms with Crippen LogP contribution < -0.4 is 15.4 Å². The van der Waals surface area contributed by atoms with Crippen molar-refractivity contribution in [3.8, 4) is 5.75 Å². The molecule has 6 nitrogen and oxygen atoms in total. The molecule has 0 aliphatic carbocycles. The third-order valence-corrected chi connectivity index (χ3v) is 6.30. The van der Waals surface area contributed by atoms with Crippen LogP contribution in [-0.2, 0) is 11.3 Å². The van der Waals surface area contributed by atoms with E-state index in [2.05, 4.69) is 16.7 Å². The first-order valence-corrected chi connectivity index (χ1v) is 11.7. The number of rotatable bonds is 6. The Morgan fingerprint density at radius 2 is 1.83 bits per heavy atom. The minimum atomic E-state index is -0.390. The molecule has 7 heteroatoms. The number of hydrogen-bond acceptors (Lipinski definition) is 3. The maximum Gasteiger partial charge on any atom is 0.321 e. The number of hydrogen-bond donors (Lipinski definition) is 2. The van der Waals surface area contributed by atoms with Crippen molar-refractivity contribution in [1.29, 1.82) is 0 Å². The summed E-state index contributed by atoms with van der Waals surface area (Å²) >= 11 is 0. The van der Waals surface area contributed by atoms with Gasteiger partial charge in [0.1, 0.15) is 11.6 Å². The number of aryl methyl sites for hydroxylation is 1. The van der Waals surface area contributed by atoms with E-state index in [-0.39, 0.29) is 36.1 Å². The molecule has 0 spiro atoms. The Morgan fingerprint density at radius 3 is 2.60 bits per heavy atom. The predicted octanol–water partition coefficient (Wildman–Crippen LogP) is 5.10. The number of carbonyl (C=O) groups excluding carboxylic acids is 2. The standard InChI is InChI=1S/C28H30FN3O3/c1-19-6-3-8-21(12-19)22-14-23(27(33)30-16-20-7-4-9-24(29)13-20)18-32(17-22)28(34)31-25-10-5-11-26(15-25)35-2/h3-13,15,22-23H,14,16-18H2,1-2H3,(H,30,33)(H,31,34). The molecule has 35 heavy (non-hydrogen) atoms. The predicted molar refractivity (Wildman–Crippen MR) is 134 cm³/mol. The van der Waals surface area contributed by atoms with Crippen molar-refractivity contribution in [3.05, 3.63) is 95.3 Å². The topological polar surface area (TPSA) is 70.7 Å². The Hall–Kier alpha value is -3.87. The summed E-state index contributed by atoms with van der Waals surface area (Å²) in [6, 6.07) is 21.3. The van der Waals surface area contributed by atoms with Gasteiger partial charge in [0, 0.05) is 37.3 Å². The van der Waals surface area contributed by atoms with Gasteiger partial charge in [-0.25, -0.2) is 9.18 Å². The van der Waals surface area contributed by atoms with Crippen LogP contribution in [0.25, 0.3) is 0 Å². The van der Waals surface area contributed by atoms with E-state index in [9.17, 15) is 14.0 Å². The summed E-state index contributed by atoms with van der Waals surface area (Å²) in [5.41, 5.74) is 3.55. The minimum Gasteiger partial charge on any atom is -0.497 e. The highest BCUT2D eigenvalue weighted by molar-refractivity contribution is 5.90. The van der Waals surface area contributed by atoms with Gasteiger partial charge in [0.2, 0.25) is 5.91 Å². The fourth-order valence-electron chi connectivity index (χ4n) is 4.50. The van der Waals surface area contributed by atoms with Gasteiger partial charge in [0.25, 0.3) is 0 Å². The molecule has 1 fully saturated rings. The molecule has 0 bridgehead atoms. The van der Waals surface area contributed by atoms with Gasteiger partial charge in [-0.3, -0.25) is 4.79 Å². The third-order valence-electron chi connectivity index (χ3n) is 6.30. The van der Waals surface area contributed by atoms with E-state index in [0.29, 0.717) is 36.5 Å². The van der Waals surface area contributed by atoms with Crippen molar-refractivity contribution < 1.29 is 18.7 Å². The highest BCUT2D eigenvalue weighted by Crippen LogP contribution is 2.31. The van der Waals surface area contributed by atoms with Crippen LogP contribution in [0.15, 0.2) is 72.8 Å². The molecule has 1 heterocycles. The Balaban J connectivity index is 1.50. The van der Waals surface area contributed by atoms with Crippen molar-refractivity contribution in [3.63, 3.8) is 0 Å². The van der Waals surface area contributed by atoms with E-state index in [1.54, 1.807) is 36.3 Å². The van der Waals surface area contributed by atoms with Gasteiger partial charge in [-0.05, 0) is 48.7 Å². The fourth-order valence-corrected chi connectivity index (χ4v) is 4.50. The average molecular weight is 476 g/mol. The largest absolute Gasteiger partial charge is 0.497 e. The van der Waals surface area contributed by atoms with E-state index in [0.717, 1.165) is 11.1 Å². The number of benzene rings is 3. The second kappa shape index (κ2) is 11.0. The number of urea groups is 1. The van der Waals surface area contributed by atoms with Crippen molar-refractivity contribution in [2.45, 2.75) is 25.8 Å². The smallest absolute Gasteiger partial charge is 0.321 e. The van der Waals surface area contributed by atoms with E-state index < -0.39 is 0 Å². The molecule has 2 N–H and O–H groups in total. The Morgan fingerprint density at radius 1 is 1.03 bits per heavy atom. The van der Waals surface area contributed by atoms with Crippen LogP contribution in [-0.4, -0.2) is 37.0 Å². The lowest BCUT2D eigenvalue weighted by Crippen LogP contribution is -2.49. The van der Waals surface area contributed by atoms with Crippen molar-refractivity contribution in [1.82, 2.24) is 10.2 Å². The molecule has 3 amide bonds. The van der Waals surface area contributed by atoms with E-state index in [1.807, 2.05) is 37.3 Å². The van der Waals surface area contributed by atoms with Crippen LogP contribution in [0.3, 0.4) is 0 Å². The van der Waals surface area contributed by atoms with Crippen molar-refractivity contribution >= 4 is 17.6 Å². The molecular formula is C28H30FN3O3. The van der Waals surface area contributed by atoms with Gasteiger partial charge < -0.3 is 20.3 Å². The number of nitrogens with zero attached hydrogens (tertiary/aromatic N) is 1. The second-order valence-electron chi connectivity index (χ2n) is 8.96. The lowest BCUT2D eigenvalue weighted by Gasteiger charge is -2.37. The molecule has 2 atom stereocenters. The van der Waals surface area contributed by atoms with Crippen LogP contribution >= 0.6 is 0 Å². The van der Waals surface area contributed by atoms with Gasteiger partial charge in [0.05, 0.1) is 13.0 Å². The summed E-state index contributed by atoms with van der Waals surface area (Å²) in [5.74, 6) is -0.211. The number of likely N-dealkylation sites (tertiary alicyclic amines) is 1. The summed E-state index contributed by atoms with van der Waals surface area (Å²) in [4.78, 5) is 28.0. The van der Waals surface area contributed by atoms with Crippen LogP contribution in [0.2, 0.25) is 0 Å². The van der Waals surface area contributed by atoms with Crippen LogP contribution in [0.5, 0.6) is 5.75 Å². The zero-order valence-corrected chi connectivity index (χ0v) is 20.0. The van der Waals surface area contributed by atoms with E-state index in [4.69, 9.17) is 4.74 Å². The number of ether oxygens (including phenoxy) is 1. The second-order valence-corrected chi connectivity index (χ2v) is 8.96. The minimum absolute atomic E-state index is 0.0182. The summed E-state index contributed by atoms with van der Waals surface area (Å²) in [5, 5.41) is 5.85. The highest BCUT2D eigenvalue weighted by Gasteiger charge is 2.34. The van der Waals surface area contributed by atoms with Gasteiger partial charge in [-0.15, -0.1) is 0 Å². The van der Waals surface area contributed by atoms with E-state index in [1.165, 1.54) is 12.1 Å². The number of carbonyl (C=O) groups is 2. The maximum absolute atomic E-state index is 13.5. The third kappa shape index (κ3) is 6.38. The SMILES string of the molecule is COc1cccc(NC(=O)N2CC(C(=O)NCc3cccc(F)c3)CC(c3cccc(C)c3)C2)c1. The first kappa shape index (κ1) is 24.3. The van der Waals surface area contributed by atoms with Crippen molar-refractivity contribution in [2.75, 3.05) is 25.5 Å². The maximum atomic E-state index is 13.5. The monoisotopic (exact) mass is 475 g/mol. The zero-order valence-electron chi connectivity index (χ0n) is 20.0. The normalized spacial score (nSPS) is 17.5. The fraction of sp³-hybridized carbons (Fsp3) is 0.286. The number of halogens is 1. The van der Waals surface area contributed by atoms with Gasteiger partial charge in [-0.2, -0.15) is 0 Å². The lowest BCUT2D eigenvalue weighted by molar-refractivity contribution is -0.126. The molecule has 2 unspecified atom stereocenters. The molecule has 3 aromatic carbocycles. The first-order chi connectivity index (χ1) is 16.9. The molecular weight excluding hydrogens is 445 g/mol. The first-order valence-electron chi connectivity index (χ1n) is 11.7. The van der Waals surface area contributed by atoms with Crippen molar-refractivity contribution in [2.24, 2.45) is 5.92 Å². The molecule has 4 rings (SSSR count). The summed E-state index contributed by atoms with van der Waals surface area (Å²) in [7, 11) is 1.57. The Kier molecular flexibility index (Phi) is 7.65. The average Bonchev–Trinajstić information content (AvgIpc) is 2.87. The Labute approximate surface area is 205 Å². The molecule has 1 aliphatic heterocycles. The zero-order chi connectivity index (χ0) is 24.8. The molecule has 0 saturated carbocycles. The quantitative estimate of drug-likeness (QED) is 0.521. The van der Waals surface area contributed by atoms with Gasteiger partial charge in [0.15, 0.2) is 0 Å². The van der Waals surface area contributed by atoms with E-state index >= 15 is 0 Å². The molecule has 182 valence electrons. The number of amides is 3. The summed E-state index contributed by atoms with van der Waals surface area (Å²) in [6.45, 7) is 3.07. The van der Waals surface area contributed by atoms with Crippen LogP contribution in [0, 0.1) is 18.7 Å². The van der Waals surface area contributed by atoms with Gasteiger partial charge in [-0.1, -0.05) is 48.0 Å². The molecule has 3 aromatic rings. The summed E-state index contributed by atoms with van der Waals surface area (Å²) in [6.07, 6.45) is 0.626. The lowest BCUT2D eigenvalue weighted by atomic mass is 9.83. The number of nitrogens with one attached hydrogen (secondary N) is 2.